The average Bonchev–Trinajstić information content (AvgIpc) is 2.79. The van der Waals surface area contributed by atoms with Gasteiger partial charge in [0.05, 0.1) is 23.0 Å². The maximum atomic E-state index is 12.9. The predicted octanol–water partition coefficient (Wildman–Crippen LogP) is 4.93. The van der Waals surface area contributed by atoms with Gasteiger partial charge in [-0.25, -0.2) is 10.4 Å². The van der Waals surface area contributed by atoms with Gasteiger partial charge >= 0.3 is 0 Å². The summed E-state index contributed by atoms with van der Waals surface area (Å²) in [5.41, 5.74) is 7.23. The molecule has 2 N–H and O–H groups in total. The van der Waals surface area contributed by atoms with Crippen LogP contribution in [0.2, 0.25) is 0 Å². The Bertz CT molecular complexity index is 1230. The Morgan fingerprint density at radius 3 is 2.53 bits per heavy atom. The molecule has 5 nitrogen and oxygen atoms in total. The van der Waals surface area contributed by atoms with Crippen LogP contribution in [-0.4, -0.2) is 22.2 Å². The van der Waals surface area contributed by atoms with Crippen molar-refractivity contribution in [2.75, 3.05) is 0 Å². The second-order valence-electron chi connectivity index (χ2n) is 6.88. The molecule has 0 bridgehead atoms. The predicted molar refractivity (Wildman–Crippen MR) is 120 cm³/mol. The van der Waals surface area contributed by atoms with Crippen LogP contribution in [0.1, 0.15) is 28.4 Å². The topological polar surface area (TPSA) is 74.6 Å². The van der Waals surface area contributed by atoms with E-state index in [-0.39, 0.29) is 11.7 Å². The number of aromatic hydroxyl groups is 1. The van der Waals surface area contributed by atoms with E-state index in [0.29, 0.717) is 11.1 Å². The van der Waals surface area contributed by atoms with Crippen molar-refractivity contribution in [3.63, 3.8) is 0 Å². The number of hydrogen-bond acceptors (Lipinski definition) is 4. The molecule has 3 aromatic carbocycles. The summed E-state index contributed by atoms with van der Waals surface area (Å²) in [6.45, 7) is 2.11. The van der Waals surface area contributed by atoms with E-state index in [2.05, 4.69) is 29.6 Å². The van der Waals surface area contributed by atoms with Crippen LogP contribution in [0.4, 0.5) is 0 Å². The molecule has 1 aromatic heterocycles. The molecule has 0 radical (unpaired) electrons. The van der Waals surface area contributed by atoms with Crippen molar-refractivity contribution in [1.82, 2.24) is 10.4 Å². The third-order valence-electron chi connectivity index (χ3n) is 4.93. The Morgan fingerprint density at radius 1 is 1.03 bits per heavy atom. The standard InChI is InChI=1S/C25H21N3O2/c1-2-17-11-13-18(14-12-17)23-15-21(20-8-4-5-9-22(20)27-23)25(30)28-26-16-19-7-3-6-10-24(19)29/h3-16,29H,2H2,1H3,(H,28,30)/b26-16-. The molecule has 0 aliphatic carbocycles. The summed E-state index contributed by atoms with van der Waals surface area (Å²) in [7, 11) is 0. The third-order valence-corrected chi connectivity index (χ3v) is 4.93. The highest BCUT2D eigenvalue weighted by molar-refractivity contribution is 6.07. The summed E-state index contributed by atoms with van der Waals surface area (Å²) in [5, 5.41) is 14.6. The lowest BCUT2D eigenvalue weighted by molar-refractivity contribution is 0.0956. The van der Waals surface area contributed by atoms with E-state index in [1.807, 2.05) is 36.4 Å². The molecular formula is C25H21N3O2. The summed E-state index contributed by atoms with van der Waals surface area (Å²) in [5.74, 6) is -0.241. The van der Waals surface area contributed by atoms with Crippen molar-refractivity contribution in [3.05, 3.63) is 95.6 Å². The molecule has 0 atom stereocenters. The highest BCUT2D eigenvalue weighted by Crippen LogP contribution is 2.25. The molecule has 4 aromatic rings. The van der Waals surface area contributed by atoms with Crippen LogP contribution in [-0.2, 0) is 6.42 Å². The first-order chi connectivity index (χ1) is 14.7. The number of para-hydroxylation sites is 2. The lowest BCUT2D eigenvalue weighted by atomic mass is 10.0. The largest absolute Gasteiger partial charge is 0.507 e. The molecule has 148 valence electrons. The number of fused-ring (bicyclic) bond motifs is 1. The fourth-order valence-corrected chi connectivity index (χ4v) is 3.24. The molecule has 0 saturated heterocycles. The first kappa shape index (κ1) is 19.3. The molecule has 0 spiro atoms. The number of amides is 1. The number of hydrogen-bond donors (Lipinski definition) is 2. The fourth-order valence-electron chi connectivity index (χ4n) is 3.24. The van der Waals surface area contributed by atoms with E-state index in [1.54, 1.807) is 30.3 Å². The molecular weight excluding hydrogens is 374 g/mol. The maximum Gasteiger partial charge on any atom is 0.272 e. The minimum Gasteiger partial charge on any atom is -0.507 e. The fraction of sp³-hybridized carbons (Fsp3) is 0.0800. The van der Waals surface area contributed by atoms with E-state index in [9.17, 15) is 9.90 Å². The summed E-state index contributed by atoms with van der Waals surface area (Å²) < 4.78 is 0. The zero-order valence-corrected chi connectivity index (χ0v) is 16.5. The molecule has 5 heteroatoms. The Morgan fingerprint density at radius 2 is 1.77 bits per heavy atom. The molecule has 30 heavy (non-hydrogen) atoms. The van der Waals surface area contributed by atoms with Gasteiger partial charge in [0, 0.05) is 16.5 Å². The van der Waals surface area contributed by atoms with Crippen LogP contribution in [0.15, 0.2) is 84.0 Å². The van der Waals surface area contributed by atoms with Crippen LogP contribution in [0.25, 0.3) is 22.2 Å². The average molecular weight is 395 g/mol. The van der Waals surface area contributed by atoms with Crippen LogP contribution in [0.5, 0.6) is 5.75 Å². The van der Waals surface area contributed by atoms with E-state index >= 15 is 0 Å². The first-order valence-corrected chi connectivity index (χ1v) is 9.76. The number of carbonyl (C=O) groups is 1. The highest BCUT2D eigenvalue weighted by Gasteiger charge is 2.13. The lowest BCUT2D eigenvalue weighted by Gasteiger charge is -2.09. The number of benzene rings is 3. The van der Waals surface area contributed by atoms with Gasteiger partial charge in [0.25, 0.3) is 5.91 Å². The first-order valence-electron chi connectivity index (χ1n) is 9.76. The van der Waals surface area contributed by atoms with Crippen molar-refractivity contribution >= 4 is 23.0 Å². The normalized spacial score (nSPS) is 11.1. The number of nitrogens with zero attached hydrogens (tertiary/aromatic N) is 2. The lowest BCUT2D eigenvalue weighted by Crippen LogP contribution is -2.18. The van der Waals surface area contributed by atoms with Gasteiger partial charge in [0.1, 0.15) is 5.75 Å². The van der Waals surface area contributed by atoms with E-state index in [4.69, 9.17) is 4.98 Å². The molecule has 0 saturated carbocycles. The summed E-state index contributed by atoms with van der Waals surface area (Å²) >= 11 is 0. The summed E-state index contributed by atoms with van der Waals surface area (Å²) in [6.07, 6.45) is 2.38. The van der Waals surface area contributed by atoms with Gasteiger partial charge < -0.3 is 5.11 Å². The monoisotopic (exact) mass is 395 g/mol. The Hall–Kier alpha value is -3.99. The Kier molecular flexibility index (Phi) is 5.52. The van der Waals surface area contributed by atoms with Crippen molar-refractivity contribution in [1.29, 1.82) is 0 Å². The van der Waals surface area contributed by atoms with Gasteiger partial charge in [-0.15, -0.1) is 0 Å². The number of hydrazone groups is 1. The van der Waals surface area contributed by atoms with Gasteiger partial charge in [0.2, 0.25) is 0 Å². The van der Waals surface area contributed by atoms with E-state index < -0.39 is 0 Å². The van der Waals surface area contributed by atoms with Gasteiger partial charge in [-0.1, -0.05) is 61.5 Å². The number of rotatable bonds is 5. The second-order valence-corrected chi connectivity index (χ2v) is 6.88. The van der Waals surface area contributed by atoms with Crippen LogP contribution >= 0.6 is 0 Å². The molecule has 1 heterocycles. The number of carbonyl (C=O) groups excluding carboxylic acids is 1. The quantitative estimate of drug-likeness (QED) is 0.371. The molecule has 0 aliphatic heterocycles. The SMILES string of the molecule is CCc1ccc(-c2cc(C(=O)N/N=C\c3ccccc3O)c3ccccc3n2)cc1. The van der Waals surface area contributed by atoms with Crippen molar-refractivity contribution < 1.29 is 9.90 Å². The minimum atomic E-state index is -0.341. The number of phenolic OH excluding ortho intramolecular Hbond substituents is 1. The third kappa shape index (κ3) is 4.05. The molecule has 0 fully saturated rings. The zero-order chi connectivity index (χ0) is 20.9. The van der Waals surface area contributed by atoms with Gasteiger partial charge in [-0.3, -0.25) is 4.79 Å². The van der Waals surface area contributed by atoms with E-state index in [1.165, 1.54) is 11.8 Å². The number of aromatic nitrogens is 1. The highest BCUT2D eigenvalue weighted by atomic mass is 16.3. The van der Waals surface area contributed by atoms with Crippen molar-refractivity contribution in [3.8, 4) is 17.0 Å². The van der Waals surface area contributed by atoms with Gasteiger partial charge in [0.15, 0.2) is 0 Å². The van der Waals surface area contributed by atoms with Gasteiger partial charge in [-0.2, -0.15) is 5.10 Å². The Labute approximate surface area is 174 Å². The van der Waals surface area contributed by atoms with Crippen molar-refractivity contribution in [2.24, 2.45) is 5.10 Å². The number of nitrogens with one attached hydrogen (secondary N) is 1. The number of aryl methyl sites for hydroxylation is 1. The molecule has 0 unspecified atom stereocenters. The van der Waals surface area contributed by atoms with Crippen molar-refractivity contribution in [2.45, 2.75) is 13.3 Å². The van der Waals surface area contributed by atoms with Crippen LogP contribution < -0.4 is 5.43 Å². The maximum absolute atomic E-state index is 12.9. The molecule has 4 rings (SSSR count). The second kappa shape index (κ2) is 8.57. The van der Waals surface area contributed by atoms with E-state index in [0.717, 1.165) is 28.6 Å². The van der Waals surface area contributed by atoms with Crippen LogP contribution in [0.3, 0.4) is 0 Å². The summed E-state index contributed by atoms with van der Waals surface area (Å²) in [4.78, 5) is 17.6. The number of pyridine rings is 1. The zero-order valence-electron chi connectivity index (χ0n) is 16.5. The molecule has 1 amide bonds. The van der Waals surface area contributed by atoms with Crippen LogP contribution in [0, 0.1) is 0 Å². The van der Waals surface area contributed by atoms with Gasteiger partial charge in [-0.05, 0) is 36.2 Å². The summed E-state index contributed by atoms with van der Waals surface area (Å²) in [6, 6.07) is 24.3. The number of phenols is 1. The Balaban J connectivity index is 1.68. The minimum absolute atomic E-state index is 0.0997. The smallest absolute Gasteiger partial charge is 0.272 e. The molecule has 0 aliphatic rings.